The summed E-state index contributed by atoms with van der Waals surface area (Å²) < 4.78 is 12.7. The Balaban J connectivity index is 1.51. The third-order valence-electron chi connectivity index (χ3n) is 4.45. The molecule has 8 heteroatoms. The zero-order chi connectivity index (χ0) is 20.4. The van der Waals surface area contributed by atoms with Gasteiger partial charge in [-0.2, -0.15) is 5.10 Å². The summed E-state index contributed by atoms with van der Waals surface area (Å²) in [5.41, 5.74) is 2.56. The van der Waals surface area contributed by atoms with Crippen LogP contribution in [0.4, 0.5) is 11.5 Å². The number of nitrogens with zero attached hydrogens (tertiary/aromatic N) is 3. The number of anilines is 2. The quantitative estimate of drug-likeness (QED) is 0.692. The molecule has 0 spiro atoms. The van der Waals surface area contributed by atoms with Crippen molar-refractivity contribution in [1.82, 2.24) is 9.78 Å². The fourth-order valence-corrected chi connectivity index (χ4v) is 3.25. The van der Waals surface area contributed by atoms with Gasteiger partial charge in [0.05, 0.1) is 0 Å². The molecule has 0 unspecified atom stereocenters. The number of hydrogen-bond acceptors (Lipinski definition) is 5. The highest BCUT2D eigenvalue weighted by atomic mass is 35.5. The number of rotatable bonds is 5. The summed E-state index contributed by atoms with van der Waals surface area (Å²) in [6.45, 7) is 1.11. The Hall–Kier alpha value is -3.19. The van der Waals surface area contributed by atoms with Crippen LogP contribution in [0.25, 0.3) is 11.1 Å². The summed E-state index contributed by atoms with van der Waals surface area (Å²) in [5.74, 6) is 1.91. The average Bonchev–Trinajstić information content (AvgIpc) is 3.12. The largest absolute Gasteiger partial charge is 0.486 e. The van der Waals surface area contributed by atoms with Gasteiger partial charge in [-0.3, -0.25) is 9.48 Å². The Labute approximate surface area is 173 Å². The number of benzene rings is 2. The number of halogens is 1. The summed E-state index contributed by atoms with van der Waals surface area (Å²) in [4.78, 5) is 14.5. The Morgan fingerprint density at radius 3 is 2.59 bits per heavy atom. The van der Waals surface area contributed by atoms with Crippen LogP contribution in [0.5, 0.6) is 11.5 Å². The number of fused-ring (bicyclic) bond motifs is 1. The van der Waals surface area contributed by atoms with Crippen LogP contribution in [-0.2, 0) is 11.3 Å². The van der Waals surface area contributed by atoms with Crippen molar-refractivity contribution in [3.8, 4) is 22.6 Å². The molecule has 7 nitrogen and oxygen atoms in total. The van der Waals surface area contributed by atoms with E-state index in [0.717, 1.165) is 16.9 Å². The summed E-state index contributed by atoms with van der Waals surface area (Å²) in [7, 11) is 3.84. The van der Waals surface area contributed by atoms with Crippen molar-refractivity contribution in [2.45, 2.75) is 6.54 Å². The Morgan fingerprint density at radius 2 is 1.86 bits per heavy atom. The smallest absolute Gasteiger partial charge is 0.246 e. The van der Waals surface area contributed by atoms with Crippen molar-refractivity contribution in [3.63, 3.8) is 0 Å². The van der Waals surface area contributed by atoms with E-state index in [9.17, 15) is 4.79 Å². The summed E-state index contributed by atoms with van der Waals surface area (Å²) in [6, 6.07) is 12.9. The molecular formula is C21H21ClN4O3. The molecule has 0 radical (unpaired) electrons. The van der Waals surface area contributed by atoms with E-state index in [2.05, 4.69) is 10.4 Å². The molecule has 2 heterocycles. The highest BCUT2D eigenvalue weighted by Crippen LogP contribution is 2.33. The first kappa shape index (κ1) is 19.1. The molecule has 0 atom stereocenters. The van der Waals surface area contributed by atoms with Crippen molar-refractivity contribution in [2.24, 2.45) is 0 Å². The number of carbonyl (C=O) groups is 1. The number of nitrogens with one attached hydrogen (secondary N) is 1. The number of ether oxygens (including phenoxy) is 2. The van der Waals surface area contributed by atoms with Gasteiger partial charge in [-0.25, -0.2) is 0 Å². The minimum absolute atomic E-state index is 0.0862. The van der Waals surface area contributed by atoms with Gasteiger partial charge in [-0.15, -0.1) is 0 Å². The SMILES string of the molecule is CN(C)c1nn(CC(=O)Nc2ccc3c(c2)OCCO3)cc1-c1ccc(Cl)cc1. The lowest BCUT2D eigenvalue weighted by molar-refractivity contribution is -0.116. The average molecular weight is 413 g/mol. The normalized spacial score (nSPS) is 12.5. The second-order valence-corrected chi connectivity index (χ2v) is 7.31. The number of aromatic nitrogens is 2. The zero-order valence-corrected chi connectivity index (χ0v) is 16.9. The molecule has 0 aliphatic carbocycles. The molecule has 1 N–H and O–H groups in total. The Bertz CT molecular complexity index is 1030. The van der Waals surface area contributed by atoms with E-state index in [4.69, 9.17) is 21.1 Å². The van der Waals surface area contributed by atoms with Gasteiger partial charge in [-0.1, -0.05) is 23.7 Å². The van der Waals surface area contributed by atoms with Crippen molar-refractivity contribution in [1.29, 1.82) is 0 Å². The summed E-state index contributed by atoms with van der Waals surface area (Å²) in [5, 5.41) is 8.12. The molecule has 1 aliphatic heterocycles. The fourth-order valence-electron chi connectivity index (χ4n) is 3.12. The van der Waals surface area contributed by atoms with Crippen molar-refractivity contribution in [2.75, 3.05) is 37.5 Å². The molecule has 3 aromatic rings. The van der Waals surface area contributed by atoms with E-state index in [0.29, 0.717) is 35.4 Å². The predicted octanol–water partition coefficient (Wildman–Crippen LogP) is 3.68. The highest BCUT2D eigenvalue weighted by molar-refractivity contribution is 6.30. The third-order valence-corrected chi connectivity index (χ3v) is 4.70. The lowest BCUT2D eigenvalue weighted by Crippen LogP contribution is -2.20. The first-order chi connectivity index (χ1) is 14.0. The van der Waals surface area contributed by atoms with Crippen LogP contribution in [0.2, 0.25) is 5.02 Å². The van der Waals surface area contributed by atoms with Gasteiger partial charge in [0.15, 0.2) is 17.3 Å². The molecule has 1 aromatic heterocycles. The number of carbonyl (C=O) groups excluding carboxylic acids is 1. The second kappa shape index (κ2) is 8.05. The molecule has 1 aliphatic rings. The maximum Gasteiger partial charge on any atom is 0.246 e. The molecular weight excluding hydrogens is 392 g/mol. The predicted molar refractivity (Wildman–Crippen MR) is 113 cm³/mol. The maximum atomic E-state index is 12.5. The van der Waals surface area contributed by atoms with Crippen molar-refractivity contribution < 1.29 is 14.3 Å². The van der Waals surface area contributed by atoms with E-state index in [1.54, 1.807) is 22.9 Å². The van der Waals surface area contributed by atoms with Gasteiger partial charge >= 0.3 is 0 Å². The van der Waals surface area contributed by atoms with Crippen LogP contribution in [0.1, 0.15) is 0 Å². The Morgan fingerprint density at radius 1 is 1.14 bits per heavy atom. The lowest BCUT2D eigenvalue weighted by Gasteiger charge is -2.19. The molecule has 0 saturated heterocycles. The molecule has 150 valence electrons. The highest BCUT2D eigenvalue weighted by Gasteiger charge is 2.16. The molecule has 29 heavy (non-hydrogen) atoms. The summed E-state index contributed by atoms with van der Waals surface area (Å²) in [6.07, 6.45) is 1.86. The maximum absolute atomic E-state index is 12.5. The Kier molecular flexibility index (Phi) is 5.31. The molecule has 0 saturated carbocycles. The van der Waals surface area contributed by atoms with Gasteiger partial charge in [-0.05, 0) is 29.8 Å². The monoisotopic (exact) mass is 412 g/mol. The standard InChI is InChI=1S/C21H21ClN4O3/c1-25(2)21-17(14-3-5-15(22)6-4-14)12-26(24-21)13-20(27)23-16-7-8-18-19(11-16)29-10-9-28-18/h3-8,11-12H,9-10,13H2,1-2H3,(H,23,27). The van der Waals surface area contributed by atoms with Gasteiger partial charge in [0.2, 0.25) is 5.91 Å². The van der Waals surface area contributed by atoms with Gasteiger partial charge < -0.3 is 19.7 Å². The van der Waals surface area contributed by atoms with E-state index >= 15 is 0 Å². The van der Waals surface area contributed by atoms with E-state index in [1.165, 1.54) is 0 Å². The molecule has 0 fully saturated rings. The van der Waals surface area contributed by atoms with E-state index in [-0.39, 0.29) is 12.5 Å². The molecule has 2 aromatic carbocycles. The molecule has 0 bridgehead atoms. The fraction of sp³-hybridized carbons (Fsp3) is 0.238. The lowest BCUT2D eigenvalue weighted by atomic mass is 10.1. The van der Waals surface area contributed by atoms with E-state index < -0.39 is 0 Å². The summed E-state index contributed by atoms with van der Waals surface area (Å²) >= 11 is 6.00. The first-order valence-corrected chi connectivity index (χ1v) is 9.57. The molecule has 4 rings (SSSR count). The van der Waals surface area contributed by atoms with Crippen LogP contribution < -0.4 is 19.7 Å². The van der Waals surface area contributed by atoms with Crippen LogP contribution in [0, 0.1) is 0 Å². The topological polar surface area (TPSA) is 68.6 Å². The van der Waals surface area contributed by atoms with Crippen LogP contribution in [0.15, 0.2) is 48.7 Å². The third kappa shape index (κ3) is 4.30. The van der Waals surface area contributed by atoms with E-state index in [1.807, 2.05) is 49.5 Å². The van der Waals surface area contributed by atoms with Gasteiger partial charge in [0, 0.05) is 42.6 Å². The molecule has 1 amide bonds. The van der Waals surface area contributed by atoms with Crippen LogP contribution in [0.3, 0.4) is 0 Å². The van der Waals surface area contributed by atoms with Gasteiger partial charge in [0.1, 0.15) is 19.8 Å². The number of hydrogen-bond donors (Lipinski definition) is 1. The van der Waals surface area contributed by atoms with Crippen LogP contribution >= 0.6 is 11.6 Å². The van der Waals surface area contributed by atoms with Crippen molar-refractivity contribution >= 4 is 29.0 Å². The minimum Gasteiger partial charge on any atom is -0.486 e. The van der Waals surface area contributed by atoms with Crippen LogP contribution in [-0.4, -0.2) is 43.0 Å². The van der Waals surface area contributed by atoms with Gasteiger partial charge in [0.25, 0.3) is 0 Å². The second-order valence-electron chi connectivity index (χ2n) is 6.87. The number of amides is 1. The van der Waals surface area contributed by atoms with Crippen molar-refractivity contribution in [3.05, 3.63) is 53.7 Å². The minimum atomic E-state index is -0.183. The first-order valence-electron chi connectivity index (χ1n) is 9.20. The zero-order valence-electron chi connectivity index (χ0n) is 16.2.